The Morgan fingerprint density at radius 1 is 1.50 bits per heavy atom. The summed E-state index contributed by atoms with van der Waals surface area (Å²) in [5.74, 6) is 0. The van der Waals surface area contributed by atoms with E-state index in [1.165, 1.54) is 0 Å². The van der Waals surface area contributed by atoms with Gasteiger partial charge in [0.25, 0.3) is 0 Å². The van der Waals surface area contributed by atoms with Crippen LogP contribution in [0.3, 0.4) is 0 Å². The van der Waals surface area contributed by atoms with Gasteiger partial charge in [0.1, 0.15) is 5.00 Å². The average Bonchev–Trinajstić information content (AvgIpc) is 2.67. The van der Waals surface area contributed by atoms with Crippen LogP contribution in [0.1, 0.15) is 0 Å². The molecule has 0 radical (unpaired) electrons. The van der Waals surface area contributed by atoms with Gasteiger partial charge in [-0.25, -0.2) is 13.7 Å². The second-order valence-electron chi connectivity index (χ2n) is 3.29. The molecule has 18 heavy (non-hydrogen) atoms. The van der Waals surface area contributed by atoms with Crippen molar-refractivity contribution in [3.8, 4) is 0 Å². The molecule has 0 spiro atoms. The topological polar surface area (TPSA) is 97.8 Å². The fraction of sp³-hybridized carbons (Fsp3) is 0.125. The Labute approximate surface area is 111 Å². The molecule has 0 amide bonds. The van der Waals surface area contributed by atoms with Gasteiger partial charge in [-0.15, -0.1) is 4.33 Å². The molecule has 1 aromatic heterocycles. The van der Waals surface area contributed by atoms with E-state index in [1.807, 2.05) is 0 Å². The summed E-state index contributed by atoms with van der Waals surface area (Å²) in [6, 6.07) is 5.08. The number of sulfonamides is 1. The van der Waals surface area contributed by atoms with Gasteiger partial charge in [0, 0.05) is 10.3 Å². The molecule has 0 bridgehead atoms. The van der Waals surface area contributed by atoms with Crippen molar-refractivity contribution in [2.75, 3.05) is 11.0 Å². The fourth-order valence-corrected chi connectivity index (χ4v) is 3.33. The number of benzene rings is 1. The van der Waals surface area contributed by atoms with Crippen molar-refractivity contribution in [3.63, 3.8) is 0 Å². The fourth-order valence-electron chi connectivity index (χ4n) is 1.27. The first-order chi connectivity index (χ1) is 8.49. The van der Waals surface area contributed by atoms with Crippen molar-refractivity contribution >= 4 is 49.5 Å². The second kappa shape index (κ2) is 5.38. The molecular weight excluding hydrogens is 300 g/mol. The van der Waals surface area contributed by atoms with E-state index in [1.54, 1.807) is 18.2 Å². The third kappa shape index (κ3) is 3.31. The Hall–Kier alpha value is -0.910. The smallest absolute Gasteiger partial charge is 0.230 e. The highest BCUT2D eigenvalue weighted by Gasteiger charge is 2.11. The maximum atomic E-state index is 11.1. The molecule has 0 aliphatic rings. The molecule has 0 atom stereocenters. The minimum absolute atomic E-state index is 0.461. The molecule has 2 aromatic rings. The molecule has 0 unspecified atom stereocenters. The van der Waals surface area contributed by atoms with Crippen LogP contribution in [0.5, 0.6) is 0 Å². The van der Waals surface area contributed by atoms with Crippen LogP contribution in [0.2, 0.25) is 0 Å². The average molecular weight is 308 g/mol. The first-order valence-corrected chi connectivity index (χ1v) is 7.92. The highest BCUT2D eigenvalue weighted by molar-refractivity contribution is 7.94. The van der Waals surface area contributed by atoms with Crippen molar-refractivity contribution in [1.29, 1.82) is 0 Å². The molecule has 1 heterocycles. The molecule has 0 aliphatic carbocycles. The molecule has 0 aliphatic heterocycles. The minimum Gasteiger partial charge on any atom is -0.273 e. The molecular formula is C8H8N2O5S3. The highest BCUT2D eigenvalue weighted by Crippen LogP contribution is 2.31. The van der Waals surface area contributed by atoms with Crippen molar-refractivity contribution in [3.05, 3.63) is 18.2 Å². The first-order valence-electron chi connectivity index (χ1n) is 4.51. The van der Waals surface area contributed by atoms with E-state index in [0.29, 0.717) is 20.8 Å². The molecule has 98 valence electrons. The van der Waals surface area contributed by atoms with Gasteiger partial charge < -0.3 is 0 Å². The van der Waals surface area contributed by atoms with Gasteiger partial charge >= 0.3 is 0 Å². The Kier molecular flexibility index (Phi) is 4.04. The summed E-state index contributed by atoms with van der Waals surface area (Å²) in [4.78, 5) is 0.660. The Bertz CT molecular complexity index is 654. The van der Waals surface area contributed by atoms with Gasteiger partial charge in [-0.3, -0.25) is 4.72 Å². The molecule has 0 fully saturated rings. The number of aromatic nitrogens is 1. The molecule has 7 nitrogen and oxygen atoms in total. The Morgan fingerprint density at radius 2 is 2.28 bits per heavy atom. The quantitative estimate of drug-likeness (QED) is 0.496. The van der Waals surface area contributed by atoms with E-state index in [4.69, 9.17) is 5.26 Å². The number of nitrogens with one attached hydrogen (secondary N) is 1. The maximum Gasteiger partial charge on any atom is 0.230 e. The first kappa shape index (κ1) is 13.5. The van der Waals surface area contributed by atoms with E-state index in [2.05, 4.69) is 18.5 Å². The lowest BCUT2D eigenvalue weighted by atomic mass is 10.2. The molecule has 0 saturated heterocycles. The third-order valence-corrected chi connectivity index (χ3v) is 3.96. The van der Waals surface area contributed by atoms with E-state index in [-0.39, 0.29) is 0 Å². The number of nitrogens with zero attached hydrogens (tertiary/aromatic N) is 1. The molecule has 2 N–H and O–H groups in total. The van der Waals surface area contributed by atoms with Crippen LogP contribution in [0.15, 0.2) is 23.1 Å². The van der Waals surface area contributed by atoms with Crippen LogP contribution in [-0.2, 0) is 19.4 Å². The summed E-state index contributed by atoms with van der Waals surface area (Å²) in [5, 5.41) is 12.7. The van der Waals surface area contributed by atoms with Crippen molar-refractivity contribution < 1.29 is 23.0 Å². The Morgan fingerprint density at radius 3 is 2.94 bits per heavy atom. The van der Waals surface area contributed by atoms with Crippen LogP contribution in [0.25, 0.3) is 10.9 Å². The van der Waals surface area contributed by atoms with Crippen molar-refractivity contribution in [2.24, 2.45) is 0 Å². The largest absolute Gasteiger partial charge is 0.273 e. The number of fused-ring (bicyclic) bond motifs is 1. The van der Waals surface area contributed by atoms with Crippen molar-refractivity contribution in [1.82, 2.24) is 4.37 Å². The summed E-state index contributed by atoms with van der Waals surface area (Å²) < 4.78 is 33.1. The number of hydrogen-bond acceptors (Lipinski definition) is 8. The number of rotatable bonds is 5. The minimum atomic E-state index is -3.33. The highest BCUT2D eigenvalue weighted by atomic mass is 32.2. The zero-order valence-electron chi connectivity index (χ0n) is 8.98. The summed E-state index contributed by atoms with van der Waals surface area (Å²) in [6.07, 6.45) is 1.08. The SMILES string of the molecule is CS(=O)(=O)Nc1snc2cc(SOOO)ccc12. The van der Waals surface area contributed by atoms with Gasteiger partial charge in [0.2, 0.25) is 10.0 Å². The summed E-state index contributed by atoms with van der Waals surface area (Å²) >= 11 is 1.86. The number of anilines is 1. The lowest BCUT2D eigenvalue weighted by Gasteiger charge is -2.00. The standard InChI is InChI=1S/C8H8N2O5S3/c1-18(12,13)10-8-6-3-2-5(17-15-14-11)4-7(6)9-16-8/h2-4,10-11H,1H3. The van der Waals surface area contributed by atoms with Crippen LogP contribution in [0.4, 0.5) is 5.00 Å². The molecule has 0 saturated carbocycles. The molecule has 1 aromatic carbocycles. The van der Waals surface area contributed by atoms with Gasteiger partial charge in [-0.1, -0.05) is 5.04 Å². The maximum absolute atomic E-state index is 11.1. The normalized spacial score (nSPS) is 11.9. The number of hydrogen-bond donors (Lipinski definition) is 2. The van der Waals surface area contributed by atoms with Crippen LogP contribution in [0, 0.1) is 0 Å². The van der Waals surface area contributed by atoms with E-state index in [9.17, 15) is 8.42 Å². The summed E-state index contributed by atoms with van der Waals surface area (Å²) in [7, 11) is -3.33. The van der Waals surface area contributed by atoms with E-state index < -0.39 is 10.0 Å². The molecule has 2 rings (SSSR count). The zero-order valence-corrected chi connectivity index (χ0v) is 11.4. The third-order valence-electron chi connectivity index (χ3n) is 1.89. The van der Waals surface area contributed by atoms with E-state index >= 15 is 0 Å². The monoisotopic (exact) mass is 308 g/mol. The van der Waals surface area contributed by atoms with Crippen molar-refractivity contribution in [2.45, 2.75) is 4.90 Å². The van der Waals surface area contributed by atoms with Crippen LogP contribution in [-0.4, -0.2) is 24.3 Å². The molecule has 10 heteroatoms. The lowest BCUT2D eigenvalue weighted by molar-refractivity contribution is -0.432. The van der Waals surface area contributed by atoms with Gasteiger partial charge in [-0.2, -0.15) is 4.37 Å². The van der Waals surface area contributed by atoms with Crippen LogP contribution < -0.4 is 4.72 Å². The lowest BCUT2D eigenvalue weighted by Crippen LogP contribution is -2.08. The predicted octanol–water partition coefficient (Wildman–Crippen LogP) is 2.10. The predicted molar refractivity (Wildman–Crippen MR) is 68.7 cm³/mol. The van der Waals surface area contributed by atoms with Gasteiger partial charge in [-0.05, 0) is 29.7 Å². The van der Waals surface area contributed by atoms with Crippen LogP contribution >= 0.6 is 23.6 Å². The Balaban J connectivity index is 2.32. The second-order valence-corrected chi connectivity index (χ2v) is 6.59. The van der Waals surface area contributed by atoms with E-state index in [0.717, 1.165) is 29.8 Å². The summed E-state index contributed by atoms with van der Waals surface area (Å²) in [5.41, 5.74) is 0.623. The van der Waals surface area contributed by atoms with Gasteiger partial charge in [0.15, 0.2) is 0 Å². The summed E-state index contributed by atoms with van der Waals surface area (Å²) in [6.45, 7) is 0. The zero-order chi connectivity index (χ0) is 13.2. The van der Waals surface area contributed by atoms with Gasteiger partial charge in [0.05, 0.1) is 23.8 Å².